The molecule has 3 atom stereocenters. The van der Waals surface area contributed by atoms with Crippen molar-refractivity contribution < 1.29 is 4.74 Å². The van der Waals surface area contributed by atoms with E-state index in [4.69, 9.17) is 10.6 Å². The molecule has 1 aromatic rings. The lowest BCUT2D eigenvalue weighted by Crippen LogP contribution is -2.45. The zero-order valence-corrected chi connectivity index (χ0v) is 12.6. The van der Waals surface area contributed by atoms with Crippen LogP contribution in [0.2, 0.25) is 0 Å². The number of nitrogens with two attached hydrogens (primary N) is 1. The van der Waals surface area contributed by atoms with E-state index in [9.17, 15) is 0 Å². The zero-order chi connectivity index (χ0) is 14.3. The SMILES string of the molecule is CCOC(c1ccccc1)C(NN)C(C)CC(C)C. The van der Waals surface area contributed by atoms with Gasteiger partial charge in [-0.15, -0.1) is 0 Å². The first-order chi connectivity index (χ1) is 9.10. The molecule has 0 radical (unpaired) electrons. The second-order valence-electron chi connectivity index (χ2n) is 5.59. The minimum atomic E-state index is 0.00458. The summed E-state index contributed by atoms with van der Waals surface area (Å²) in [5.74, 6) is 6.90. The standard InChI is InChI=1S/C16H28N2O/c1-5-19-16(14-9-7-6-8-10-14)15(18-17)13(4)11-12(2)3/h6-10,12-13,15-16,18H,5,11,17H2,1-4H3. The molecule has 1 aromatic carbocycles. The number of nitrogens with one attached hydrogen (secondary N) is 1. The Kier molecular flexibility index (Phi) is 7.06. The molecule has 0 amide bonds. The molecule has 3 heteroatoms. The predicted octanol–water partition coefficient (Wildman–Crippen LogP) is 3.28. The fourth-order valence-corrected chi connectivity index (χ4v) is 2.67. The molecule has 1 rings (SSSR count). The summed E-state index contributed by atoms with van der Waals surface area (Å²) >= 11 is 0. The van der Waals surface area contributed by atoms with Crippen LogP contribution in [0.4, 0.5) is 0 Å². The summed E-state index contributed by atoms with van der Waals surface area (Å²) in [6, 6.07) is 10.4. The van der Waals surface area contributed by atoms with Crippen molar-refractivity contribution in [3.05, 3.63) is 35.9 Å². The van der Waals surface area contributed by atoms with Crippen LogP contribution in [0.1, 0.15) is 45.8 Å². The summed E-state index contributed by atoms with van der Waals surface area (Å²) < 4.78 is 5.94. The Hall–Kier alpha value is -0.900. The first-order valence-electron chi connectivity index (χ1n) is 7.22. The fourth-order valence-electron chi connectivity index (χ4n) is 2.67. The van der Waals surface area contributed by atoms with Crippen LogP contribution in [0, 0.1) is 11.8 Å². The van der Waals surface area contributed by atoms with E-state index in [1.54, 1.807) is 0 Å². The highest BCUT2D eigenvalue weighted by Crippen LogP contribution is 2.28. The van der Waals surface area contributed by atoms with E-state index in [0.29, 0.717) is 18.4 Å². The summed E-state index contributed by atoms with van der Waals surface area (Å²) in [4.78, 5) is 0. The average Bonchev–Trinajstić information content (AvgIpc) is 2.39. The number of rotatable bonds is 8. The lowest BCUT2D eigenvalue weighted by atomic mass is 9.87. The van der Waals surface area contributed by atoms with E-state index < -0.39 is 0 Å². The minimum Gasteiger partial charge on any atom is -0.372 e. The molecule has 0 bridgehead atoms. The molecular formula is C16H28N2O. The molecule has 3 N–H and O–H groups in total. The van der Waals surface area contributed by atoms with E-state index in [1.807, 2.05) is 25.1 Å². The number of benzene rings is 1. The van der Waals surface area contributed by atoms with Gasteiger partial charge in [0.2, 0.25) is 0 Å². The molecular weight excluding hydrogens is 236 g/mol. The Morgan fingerprint density at radius 3 is 2.26 bits per heavy atom. The van der Waals surface area contributed by atoms with Crippen LogP contribution in [-0.2, 0) is 4.74 Å². The van der Waals surface area contributed by atoms with Gasteiger partial charge < -0.3 is 4.74 Å². The lowest BCUT2D eigenvalue weighted by Gasteiger charge is -2.32. The zero-order valence-electron chi connectivity index (χ0n) is 12.6. The van der Waals surface area contributed by atoms with Gasteiger partial charge in [0.05, 0.1) is 12.1 Å². The van der Waals surface area contributed by atoms with Gasteiger partial charge in [0.15, 0.2) is 0 Å². The van der Waals surface area contributed by atoms with Gasteiger partial charge in [0.1, 0.15) is 0 Å². The number of ether oxygens (including phenoxy) is 1. The Balaban J connectivity index is 2.88. The van der Waals surface area contributed by atoms with Crippen molar-refractivity contribution in [1.29, 1.82) is 0 Å². The molecule has 0 fully saturated rings. The number of hydrogen-bond donors (Lipinski definition) is 2. The van der Waals surface area contributed by atoms with Crippen LogP contribution in [0.5, 0.6) is 0 Å². The molecule has 0 aliphatic carbocycles. The maximum Gasteiger partial charge on any atom is 0.0993 e. The lowest BCUT2D eigenvalue weighted by molar-refractivity contribution is 0.0153. The van der Waals surface area contributed by atoms with E-state index in [1.165, 1.54) is 5.56 Å². The van der Waals surface area contributed by atoms with Crippen LogP contribution in [0.3, 0.4) is 0 Å². The van der Waals surface area contributed by atoms with Gasteiger partial charge in [-0.1, -0.05) is 51.1 Å². The molecule has 3 nitrogen and oxygen atoms in total. The summed E-state index contributed by atoms with van der Waals surface area (Å²) in [5.41, 5.74) is 4.15. The second-order valence-corrected chi connectivity index (χ2v) is 5.59. The van der Waals surface area contributed by atoms with E-state index >= 15 is 0 Å². The summed E-state index contributed by atoms with van der Waals surface area (Å²) in [6.45, 7) is 9.42. The van der Waals surface area contributed by atoms with Crippen LogP contribution in [0.15, 0.2) is 30.3 Å². The number of hydrazine groups is 1. The van der Waals surface area contributed by atoms with Gasteiger partial charge in [-0.3, -0.25) is 11.3 Å². The summed E-state index contributed by atoms with van der Waals surface area (Å²) in [7, 11) is 0. The first-order valence-corrected chi connectivity index (χ1v) is 7.22. The largest absolute Gasteiger partial charge is 0.372 e. The van der Waals surface area contributed by atoms with Gasteiger partial charge in [-0.2, -0.15) is 0 Å². The van der Waals surface area contributed by atoms with Crippen molar-refractivity contribution in [2.75, 3.05) is 6.61 Å². The maximum absolute atomic E-state index is 5.94. The van der Waals surface area contributed by atoms with Crippen molar-refractivity contribution in [3.63, 3.8) is 0 Å². The van der Waals surface area contributed by atoms with Crippen molar-refractivity contribution in [2.24, 2.45) is 17.7 Å². The molecule has 19 heavy (non-hydrogen) atoms. The smallest absolute Gasteiger partial charge is 0.0993 e. The molecule has 0 saturated heterocycles. The van der Waals surface area contributed by atoms with Crippen LogP contribution in [-0.4, -0.2) is 12.6 Å². The quantitative estimate of drug-likeness (QED) is 0.559. The van der Waals surface area contributed by atoms with Crippen molar-refractivity contribution >= 4 is 0 Å². The molecule has 0 saturated carbocycles. The molecule has 0 aliphatic rings. The number of hydrogen-bond acceptors (Lipinski definition) is 3. The topological polar surface area (TPSA) is 47.3 Å². The van der Waals surface area contributed by atoms with Gasteiger partial charge in [-0.05, 0) is 30.7 Å². The highest BCUT2D eigenvalue weighted by molar-refractivity contribution is 5.19. The minimum absolute atomic E-state index is 0.00458. The monoisotopic (exact) mass is 264 g/mol. The Morgan fingerprint density at radius 1 is 1.16 bits per heavy atom. The molecule has 0 spiro atoms. The molecule has 0 aromatic heterocycles. The third-order valence-electron chi connectivity index (χ3n) is 3.45. The molecule has 0 heterocycles. The van der Waals surface area contributed by atoms with Crippen LogP contribution in [0.25, 0.3) is 0 Å². The fraction of sp³-hybridized carbons (Fsp3) is 0.625. The Labute approximate surface area is 117 Å². The molecule has 3 unspecified atom stereocenters. The molecule has 108 valence electrons. The van der Waals surface area contributed by atoms with Crippen molar-refractivity contribution in [2.45, 2.75) is 46.3 Å². The van der Waals surface area contributed by atoms with Gasteiger partial charge in [-0.25, -0.2) is 0 Å². The van der Waals surface area contributed by atoms with Gasteiger partial charge >= 0.3 is 0 Å². The van der Waals surface area contributed by atoms with Crippen molar-refractivity contribution in [3.8, 4) is 0 Å². The van der Waals surface area contributed by atoms with E-state index in [2.05, 4.69) is 38.3 Å². The van der Waals surface area contributed by atoms with Gasteiger partial charge in [0.25, 0.3) is 0 Å². The highest BCUT2D eigenvalue weighted by Gasteiger charge is 2.28. The van der Waals surface area contributed by atoms with Crippen molar-refractivity contribution in [1.82, 2.24) is 5.43 Å². The predicted molar refractivity (Wildman–Crippen MR) is 80.5 cm³/mol. The first kappa shape index (κ1) is 16.2. The van der Waals surface area contributed by atoms with Gasteiger partial charge in [0, 0.05) is 6.61 Å². The van der Waals surface area contributed by atoms with Crippen LogP contribution >= 0.6 is 0 Å². The Morgan fingerprint density at radius 2 is 1.79 bits per heavy atom. The average molecular weight is 264 g/mol. The van der Waals surface area contributed by atoms with Crippen LogP contribution < -0.4 is 11.3 Å². The molecule has 0 aliphatic heterocycles. The Bertz CT molecular complexity index is 340. The summed E-state index contributed by atoms with van der Waals surface area (Å²) in [5, 5.41) is 0. The third-order valence-corrected chi connectivity index (χ3v) is 3.45. The normalized spacial score (nSPS) is 16.3. The second kappa shape index (κ2) is 8.31. The van der Waals surface area contributed by atoms with E-state index in [0.717, 1.165) is 6.42 Å². The van der Waals surface area contributed by atoms with E-state index in [-0.39, 0.29) is 12.1 Å². The third kappa shape index (κ3) is 4.94. The highest BCUT2D eigenvalue weighted by atomic mass is 16.5. The summed E-state index contributed by atoms with van der Waals surface area (Å²) in [6.07, 6.45) is 1.13. The maximum atomic E-state index is 5.94.